The van der Waals surface area contributed by atoms with Gasteiger partial charge in [-0.2, -0.15) is 0 Å². The predicted molar refractivity (Wildman–Crippen MR) is 94.0 cm³/mol. The van der Waals surface area contributed by atoms with E-state index in [0.29, 0.717) is 11.6 Å². The Morgan fingerprint density at radius 3 is 2.60 bits per heavy atom. The van der Waals surface area contributed by atoms with E-state index >= 15 is 0 Å². The zero-order valence-electron chi connectivity index (χ0n) is 14.4. The third-order valence-corrected chi connectivity index (χ3v) is 4.83. The molecule has 2 heterocycles. The third kappa shape index (κ3) is 4.02. The molecule has 1 N–H and O–H groups in total. The van der Waals surface area contributed by atoms with Crippen LogP contribution in [-0.2, 0) is 0 Å². The highest BCUT2D eigenvalue weighted by atomic mass is 16.5. The molecule has 1 saturated carbocycles. The molecule has 6 nitrogen and oxygen atoms in total. The van der Waals surface area contributed by atoms with Crippen LogP contribution in [0.5, 0.6) is 5.75 Å². The van der Waals surface area contributed by atoms with Gasteiger partial charge in [0.1, 0.15) is 11.9 Å². The van der Waals surface area contributed by atoms with E-state index in [4.69, 9.17) is 9.26 Å². The fraction of sp³-hybridized carbons (Fsp3) is 0.474. The van der Waals surface area contributed by atoms with Crippen LogP contribution in [0, 0.1) is 0 Å². The maximum absolute atomic E-state index is 12.2. The van der Waals surface area contributed by atoms with Gasteiger partial charge in [0, 0.05) is 30.8 Å². The highest BCUT2D eigenvalue weighted by molar-refractivity contribution is 6.02. The molecule has 2 aromatic rings. The van der Waals surface area contributed by atoms with E-state index in [1.165, 1.54) is 0 Å². The Bertz CT molecular complexity index is 729. The second-order valence-electron chi connectivity index (χ2n) is 6.99. The lowest BCUT2D eigenvalue weighted by Gasteiger charge is -2.29. The molecular formula is C19H23N3O3. The second kappa shape index (κ2) is 6.88. The van der Waals surface area contributed by atoms with E-state index in [2.05, 4.69) is 22.4 Å². The van der Waals surface area contributed by atoms with Crippen molar-refractivity contribution in [2.45, 2.75) is 37.7 Å². The van der Waals surface area contributed by atoms with Gasteiger partial charge in [-0.15, -0.1) is 0 Å². The monoisotopic (exact) mass is 341 g/mol. The number of nitrogens with one attached hydrogen (secondary N) is 1. The summed E-state index contributed by atoms with van der Waals surface area (Å²) in [7, 11) is 2.13. The van der Waals surface area contributed by atoms with E-state index < -0.39 is 0 Å². The zero-order chi connectivity index (χ0) is 17.2. The summed E-state index contributed by atoms with van der Waals surface area (Å²) < 4.78 is 11.2. The molecule has 25 heavy (non-hydrogen) atoms. The molecule has 6 heteroatoms. The van der Waals surface area contributed by atoms with Crippen molar-refractivity contribution in [2.24, 2.45) is 0 Å². The Morgan fingerprint density at radius 1 is 1.20 bits per heavy atom. The molecule has 2 fully saturated rings. The van der Waals surface area contributed by atoms with Crippen molar-refractivity contribution in [3.63, 3.8) is 0 Å². The molecule has 0 unspecified atom stereocenters. The Hall–Kier alpha value is -2.34. The number of hydrogen-bond acceptors (Lipinski definition) is 5. The number of hydrogen-bond donors (Lipinski definition) is 1. The summed E-state index contributed by atoms with van der Waals surface area (Å²) in [5.41, 5.74) is 1.59. The van der Waals surface area contributed by atoms with Crippen molar-refractivity contribution in [2.75, 3.05) is 25.5 Å². The van der Waals surface area contributed by atoms with Crippen LogP contribution < -0.4 is 10.1 Å². The predicted octanol–water partition coefficient (Wildman–Crippen LogP) is 3.28. The SMILES string of the molecule is CN1CCC(Oc2ccc(NC(=O)c3cc(C4CC4)no3)cc2)CC1. The standard InChI is InChI=1S/C19H23N3O3/c1-22-10-8-16(9-11-22)24-15-6-4-14(5-7-15)20-19(23)18-12-17(21-25-18)13-2-3-13/h4-7,12-13,16H,2-3,8-11H2,1H3,(H,20,23). The topological polar surface area (TPSA) is 67.6 Å². The minimum atomic E-state index is -0.275. The Balaban J connectivity index is 1.32. The highest BCUT2D eigenvalue weighted by Gasteiger charge is 2.28. The van der Waals surface area contributed by atoms with Crippen molar-refractivity contribution < 1.29 is 14.1 Å². The number of carbonyl (C=O) groups is 1. The van der Waals surface area contributed by atoms with Gasteiger partial charge in [0.25, 0.3) is 5.91 Å². The van der Waals surface area contributed by atoms with Crippen LogP contribution in [-0.4, -0.2) is 42.2 Å². The van der Waals surface area contributed by atoms with Gasteiger partial charge in [-0.25, -0.2) is 0 Å². The Labute approximate surface area is 147 Å². The molecule has 2 aliphatic rings. The van der Waals surface area contributed by atoms with E-state index in [9.17, 15) is 4.79 Å². The zero-order valence-corrected chi connectivity index (χ0v) is 14.4. The Kier molecular flexibility index (Phi) is 4.44. The number of ether oxygens (including phenoxy) is 1. The van der Waals surface area contributed by atoms with Crippen molar-refractivity contribution in [3.05, 3.63) is 41.8 Å². The number of rotatable bonds is 5. The largest absolute Gasteiger partial charge is 0.490 e. The number of amides is 1. The molecule has 132 valence electrons. The summed E-state index contributed by atoms with van der Waals surface area (Å²) in [6.45, 7) is 2.14. The average Bonchev–Trinajstić information content (AvgIpc) is 3.35. The van der Waals surface area contributed by atoms with Gasteiger partial charge in [0.05, 0.1) is 5.69 Å². The summed E-state index contributed by atoms with van der Waals surface area (Å²) in [5.74, 6) is 1.29. The lowest BCUT2D eigenvalue weighted by molar-refractivity contribution is 0.0987. The number of piperidine rings is 1. The van der Waals surface area contributed by atoms with Gasteiger partial charge in [0.15, 0.2) is 0 Å². The van der Waals surface area contributed by atoms with E-state index in [1.54, 1.807) is 6.07 Å². The van der Waals surface area contributed by atoms with Gasteiger partial charge < -0.3 is 19.5 Å². The van der Waals surface area contributed by atoms with Gasteiger partial charge in [-0.3, -0.25) is 4.79 Å². The van der Waals surface area contributed by atoms with Gasteiger partial charge in [-0.05, 0) is 57.0 Å². The number of aromatic nitrogens is 1. The maximum Gasteiger partial charge on any atom is 0.294 e. The second-order valence-corrected chi connectivity index (χ2v) is 6.99. The summed E-state index contributed by atoms with van der Waals surface area (Å²) in [4.78, 5) is 14.5. The van der Waals surface area contributed by atoms with Crippen LogP contribution in [0.3, 0.4) is 0 Å². The van der Waals surface area contributed by atoms with Crippen molar-refractivity contribution in [1.82, 2.24) is 10.1 Å². The quantitative estimate of drug-likeness (QED) is 0.904. The molecule has 1 aliphatic heterocycles. The fourth-order valence-corrected chi connectivity index (χ4v) is 3.07. The maximum atomic E-state index is 12.2. The minimum absolute atomic E-state index is 0.258. The molecule has 0 spiro atoms. The first kappa shape index (κ1) is 16.1. The van der Waals surface area contributed by atoms with Gasteiger partial charge in [-0.1, -0.05) is 5.16 Å². The van der Waals surface area contributed by atoms with Gasteiger partial charge in [0.2, 0.25) is 5.76 Å². The van der Waals surface area contributed by atoms with Crippen LogP contribution in [0.4, 0.5) is 5.69 Å². The number of nitrogens with zero attached hydrogens (tertiary/aromatic N) is 2. The highest BCUT2D eigenvalue weighted by Crippen LogP contribution is 2.39. The molecule has 1 amide bonds. The molecule has 1 aromatic carbocycles. The summed E-state index contributed by atoms with van der Waals surface area (Å²) >= 11 is 0. The average molecular weight is 341 g/mol. The number of anilines is 1. The van der Waals surface area contributed by atoms with E-state index in [0.717, 1.165) is 50.2 Å². The lowest BCUT2D eigenvalue weighted by Crippen LogP contribution is -2.35. The minimum Gasteiger partial charge on any atom is -0.490 e. The normalized spacial score (nSPS) is 18.9. The first-order chi connectivity index (χ1) is 12.2. The molecule has 4 rings (SSSR count). The molecule has 0 atom stereocenters. The molecule has 1 aliphatic carbocycles. The first-order valence-corrected chi connectivity index (χ1v) is 8.90. The Morgan fingerprint density at radius 2 is 1.92 bits per heavy atom. The molecule has 0 bridgehead atoms. The summed E-state index contributed by atoms with van der Waals surface area (Å²) in [5, 5.41) is 6.80. The summed E-state index contributed by atoms with van der Waals surface area (Å²) in [6.07, 6.45) is 4.62. The summed E-state index contributed by atoms with van der Waals surface area (Å²) in [6, 6.07) is 9.22. The van der Waals surface area contributed by atoms with Gasteiger partial charge >= 0.3 is 0 Å². The van der Waals surface area contributed by atoms with Crippen LogP contribution in [0.2, 0.25) is 0 Å². The number of benzene rings is 1. The van der Waals surface area contributed by atoms with Crippen LogP contribution in [0.25, 0.3) is 0 Å². The van der Waals surface area contributed by atoms with Crippen LogP contribution in [0.1, 0.15) is 47.8 Å². The molecule has 1 saturated heterocycles. The van der Waals surface area contributed by atoms with Crippen molar-refractivity contribution in [3.8, 4) is 5.75 Å². The third-order valence-electron chi connectivity index (χ3n) is 4.83. The molecule has 1 aromatic heterocycles. The van der Waals surface area contributed by atoms with E-state index in [1.807, 2.05) is 24.3 Å². The van der Waals surface area contributed by atoms with Crippen LogP contribution >= 0.6 is 0 Å². The van der Waals surface area contributed by atoms with Crippen molar-refractivity contribution in [1.29, 1.82) is 0 Å². The fourth-order valence-electron chi connectivity index (χ4n) is 3.07. The number of carbonyl (C=O) groups excluding carboxylic acids is 1. The molecular weight excluding hydrogens is 318 g/mol. The van der Waals surface area contributed by atoms with Crippen molar-refractivity contribution >= 4 is 11.6 Å². The van der Waals surface area contributed by atoms with Crippen LogP contribution in [0.15, 0.2) is 34.9 Å². The first-order valence-electron chi connectivity index (χ1n) is 8.90. The molecule has 0 radical (unpaired) electrons. The smallest absolute Gasteiger partial charge is 0.294 e. The lowest BCUT2D eigenvalue weighted by atomic mass is 10.1. The van der Waals surface area contributed by atoms with E-state index in [-0.39, 0.29) is 17.8 Å². The number of likely N-dealkylation sites (tertiary alicyclic amines) is 1.